The molecule has 1 N–H and O–H groups in total. The van der Waals surface area contributed by atoms with Crippen LogP contribution in [0.5, 0.6) is 0 Å². The molecule has 1 spiro atoms. The number of aromatic nitrogens is 1. The molecule has 0 saturated carbocycles. The van der Waals surface area contributed by atoms with Crippen molar-refractivity contribution in [3.8, 4) is 0 Å². The molecule has 5 nitrogen and oxygen atoms in total. The Morgan fingerprint density at radius 3 is 2.86 bits per heavy atom. The van der Waals surface area contributed by atoms with Gasteiger partial charge in [0, 0.05) is 10.9 Å². The van der Waals surface area contributed by atoms with E-state index in [0.29, 0.717) is 17.1 Å². The molecule has 0 radical (unpaired) electrons. The van der Waals surface area contributed by atoms with Crippen LogP contribution in [0.4, 0.5) is 4.79 Å². The molecule has 0 unspecified atom stereocenters. The Balaban J connectivity index is 1.52. The molecular weight excluding hydrogens is 386 g/mol. The Labute approximate surface area is 173 Å². The molecule has 1 fully saturated rings. The van der Waals surface area contributed by atoms with Gasteiger partial charge in [-0.05, 0) is 55.0 Å². The van der Waals surface area contributed by atoms with Crippen LogP contribution in [0.3, 0.4) is 0 Å². The van der Waals surface area contributed by atoms with Gasteiger partial charge >= 0.3 is 6.03 Å². The third-order valence-corrected chi connectivity index (χ3v) is 6.31. The first-order valence-corrected chi connectivity index (χ1v) is 10.1. The summed E-state index contributed by atoms with van der Waals surface area (Å²) < 4.78 is 0. The standard InChI is InChI=1S/C23H20ClN3O2/c1-14-8-9-16-12-17(20(24)25-19(16)11-14)13-27-21(28)23(26-22(27)29)10-4-6-15-5-2-3-7-18(15)23/h2-3,5,7-9,11-12H,4,6,10,13H2,1H3,(H,26,29)/t23-/m0/s1. The van der Waals surface area contributed by atoms with Gasteiger partial charge in [0.1, 0.15) is 10.7 Å². The van der Waals surface area contributed by atoms with Crippen molar-refractivity contribution in [2.45, 2.75) is 38.3 Å². The summed E-state index contributed by atoms with van der Waals surface area (Å²) in [5.74, 6) is -0.213. The Bertz CT molecular complexity index is 1180. The summed E-state index contributed by atoms with van der Waals surface area (Å²) >= 11 is 6.41. The van der Waals surface area contributed by atoms with E-state index >= 15 is 0 Å². The van der Waals surface area contributed by atoms with Crippen LogP contribution in [-0.2, 0) is 23.3 Å². The zero-order valence-electron chi connectivity index (χ0n) is 16.0. The first-order chi connectivity index (χ1) is 14.0. The molecule has 2 aliphatic rings. The van der Waals surface area contributed by atoms with Crippen LogP contribution < -0.4 is 5.32 Å². The van der Waals surface area contributed by atoms with Crippen molar-refractivity contribution in [1.29, 1.82) is 0 Å². The Kier molecular flexibility index (Phi) is 4.10. The highest BCUT2D eigenvalue weighted by Gasteiger charge is 2.53. The minimum atomic E-state index is -0.972. The van der Waals surface area contributed by atoms with Crippen molar-refractivity contribution >= 4 is 34.4 Å². The first-order valence-electron chi connectivity index (χ1n) is 9.76. The lowest BCUT2D eigenvalue weighted by molar-refractivity contribution is -0.132. The Hall–Kier alpha value is -2.92. The summed E-state index contributed by atoms with van der Waals surface area (Å²) in [5.41, 5.74) is 3.61. The van der Waals surface area contributed by atoms with Gasteiger partial charge in [-0.3, -0.25) is 9.69 Å². The molecule has 0 bridgehead atoms. The highest BCUT2D eigenvalue weighted by molar-refractivity contribution is 6.30. The maximum absolute atomic E-state index is 13.5. The summed E-state index contributed by atoms with van der Waals surface area (Å²) in [6.45, 7) is 2.10. The Morgan fingerprint density at radius 2 is 2.00 bits per heavy atom. The molecule has 29 heavy (non-hydrogen) atoms. The normalized spacial score (nSPS) is 21.0. The number of pyridine rings is 1. The van der Waals surface area contributed by atoms with E-state index in [2.05, 4.69) is 10.3 Å². The van der Waals surface area contributed by atoms with E-state index in [9.17, 15) is 9.59 Å². The van der Waals surface area contributed by atoms with E-state index < -0.39 is 5.54 Å². The molecule has 146 valence electrons. The largest absolute Gasteiger partial charge is 0.325 e. The van der Waals surface area contributed by atoms with Gasteiger partial charge in [-0.1, -0.05) is 48.0 Å². The molecule has 3 amide bonds. The van der Waals surface area contributed by atoms with Gasteiger partial charge in [0.05, 0.1) is 12.1 Å². The van der Waals surface area contributed by atoms with Crippen molar-refractivity contribution in [1.82, 2.24) is 15.2 Å². The van der Waals surface area contributed by atoms with Gasteiger partial charge in [0.15, 0.2) is 0 Å². The van der Waals surface area contributed by atoms with Crippen molar-refractivity contribution in [2.75, 3.05) is 0 Å². The number of halogens is 1. The third-order valence-electron chi connectivity index (χ3n) is 5.98. The molecule has 2 heterocycles. The highest BCUT2D eigenvalue weighted by atomic mass is 35.5. The van der Waals surface area contributed by atoms with Gasteiger partial charge in [0.25, 0.3) is 5.91 Å². The maximum atomic E-state index is 13.5. The van der Waals surface area contributed by atoms with Crippen LogP contribution in [-0.4, -0.2) is 21.8 Å². The van der Waals surface area contributed by atoms with Crippen LogP contribution in [0.15, 0.2) is 48.5 Å². The van der Waals surface area contributed by atoms with Gasteiger partial charge in [-0.2, -0.15) is 0 Å². The number of imide groups is 1. The number of aryl methyl sites for hydroxylation is 2. The van der Waals surface area contributed by atoms with Crippen LogP contribution in [0.25, 0.3) is 10.9 Å². The van der Waals surface area contributed by atoms with Crippen molar-refractivity contribution in [3.63, 3.8) is 0 Å². The molecule has 1 aliphatic heterocycles. The lowest BCUT2D eigenvalue weighted by Gasteiger charge is -2.33. The van der Waals surface area contributed by atoms with Gasteiger partial charge in [-0.25, -0.2) is 9.78 Å². The van der Waals surface area contributed by atoms with Gasteiger partial charge < -0.3 is 5.32 Å². The zero-order chi connectivity index (χ0) is 20.2. The SMILES string of the molecule is Cc1ccc2cc(CN3C(=O)N[C@]4(CCCc5ccccc54)C3=O)c(Cl)nc2c1. The number of carbonyl (C=O) groups is 2. The Morgan fingerprint density at radius 1 is 1.17 bits per heavy atom. The molecule has 6 heteroatoms. The summed E-state index contributed by atoms with van der Waals surface area (Å²) in [6.07, 6.45) is 2.38. The van der Waals surface area contributed by atoms with Crippen LogP contribution in [0.1, 0.15) is 35.1 Å². The van der Waals surface area contributed by atoms with Crippen molar-refractivity contribution in [3.05, 3.63) is 75.9 Å². The molecule has 1 atom stereocenters. The van der Waals surface area contributed by atoms with E-state index in [-0.39, 0.29) is 18.5 Å². The number of hydrogen-bond acceptors (Lipinski definition) is 3. The second-order valence-electron chi connectivity index (χ2n) is 7.87. The number of nitrogens with zero attached hydrogens (tertiary/aromatic N) is 2. The van der Waals surface area contributed by atoms with Gasteiger partial charge in [-0.15, -0.1) is 0 Å². The maximum Gasteiger partial charge on any atom is 0.325 e. The van der Waals surface area contributed by atoms with E-state index in [1.165, 1.54) is 4.90 Å². The third kappa shape index (κ3) is 2.80. The summed E-state index contributed by atoms with van der Waals surface area (Å²) in [6, 6.07) is 15.3. The quantitative estimate of drug-likeness (QED) is 0.505. The fourth-order valence-corrected chi connectivity index (χ4v) is 4.74. The molecule has 3 aromatic rings. The van der Waals surface area contributed by atoms with E-state index in [0.717, 1.165) is 40.4 Å². The first kappa shape index (κ1) is 18.1. The molecule has 1 saturated heterocycles. The molecule has 5 rings (SSSR count). The average Bonchev–Trinajstić information content (AvgIpc) is 2.94. The van der Waals surface area contributed by atoms with Crippen molar-refractivity contribution in [2.24, 2.45) is 0 Å². The lowest BCUT2D eigenvalue weighted by Crippen LogP contribution is -2.46. The lowest BCUT2D eigenvalue weighted by atomic mass is 9.76. The predicted molar refractivity (Wildman–Crippen MR) is 112 cm³/mol. The number of hydrogen-bond donors (Lipinski definition) is 1. The summed E-state index contributed by atoms with van der Waals surface area (Å²) in [4.78, 5) is 32.0. The molecule has 2 aromatic carbocycles. The average molecular weight is 406 g/mol. The minimum Gasteiger partial charge on any atom is -0.319 e. The summed E-state index contributed by atoms with van der Waals surface area (Å²) in [7, 11) is 0. The van der Waals surface area contributed by atoms with Gasteiger partial charge in [0.2, 0.25) is 0 Å². The number of carbonyl (C=O) groups excluding carboxylic acids is 2. The second-order valence-corrected chi connectivity index (χ2v) is 8.23. The fourth-order valence-electron chi connectivity index (χ4n) is 4.53. The van der Waals surface area contributed by atoms with Crippen LogP contribution in [0.2, 0.25) is 5.15 Å². The number of rotatable bonds is 2. The van der Waals surface area contributed by atoms with Crippen LogP contribution in [0, 0.1) is 6.92 Å². The van der Waals surface area contributed by atoms with E-state index in [1.807, 2.05) is 55.5 Å². The molecular formula is C23H20ClN3O2. The smallest absolute Gasteiger partial charge is 0.319 e. The number of amides is 3. The molecule has 1 aliphatic carbocycles. The van der Waals surface area contributed by atoms with E-state index in [4.69, 9.17) is 11.6 Å². The van der Waals surface area contributed by atoms with E-state index in [1.54, 1.807) is 0 Å². The van der Waals surface area contributed by atoms with Crippen LogP contribution >= 0.6 is 11.6 Å². The number of benzene rings is 2. The second kappa shape index (κ2) is 6.56. The monoisotopic (exact) mass is 405 g/mol. The summed E-state index contributed by atoms with van der Waals surface area (Å²) in [5, 5.41) is 4.23. The number of nitrogens with one attached hydrogen (secondary N) is 1. The number of fused-ring (bicyclic) bond motifs is 3. The zero-order valence-corrected chi connectivity index (χ0v) is 16.8. The minimum absolute atomic E-state index is 0.101. The molecule has 1 aromatic heterocycles. The van der Waals surface area contributed by atoms with Crippen molar-refractivity contribution < 1.29 is 9.59 Å². The topological polar surface area (TPSA) is 62.3 Å². The fraction of sp³-hybridized carbons (Fsp3) is 0.261. The highest BCUT2D eigenvalue weighted by Crippen LogP contribution is 2.40. The number of urea groups is 1. The predicted octanol–water partition coefficient (Wildman–Crippen LogP) is 4.48.